The van der Waals surface area contributed by atoms with E-state index in [1.54, 1.807) is 0 Å². The third-order valence-corrected chi connectivity index (χ3v) is 5.87. The molecule has 1 saturated heterocycles. The van der Waals surface area contributed by atoms with E-state index in [4.69, 9.17) is 4.74 Å². The second-order valence-corrected chi connectivity index (χ2v) is 7.95. The summed E-state index contributed by atoms with van der Waals surface area (Å²) in [5.74, 6) is -0.855. The van der Waals surface area contributed by atoms with E-state index in [2.05, 4.69) is 34.3 Å². The van der Waals surface area contributed by atoms with Crippen LogP contribution in [0.2, 0.25) is 0 Å². The number of carboxylic acids is 1. The average molecular weight is 380 g/mol. The molecule has 1 heterocycles. The van der Waals surface area contributed by atoms with Crippen LogP contribution in [-0.4, -0.2) is 78.3 Å². The number of likely N-dealkylation sites (N-methyl/N-ethyl adjacent to an activating group) is 1. The molecule has 0 amide bonds. The van der Waals surface area contributed by atoms with E-state index >= 15 is 0 Å². The molecule has 1 fully saturated rings. The summed E-state index contributed by atoms with van der Waals surface area (Å²) >= 11 is 0. The number of carbonyl (C=O) groups is 1. The third-order valence-electron chi connectivity index (χ3n) is 5.87. The summed E-state index contributed by atoms with van der Waals surface area (Å²) in [6.07, 6.45) is 9.64. The van der Waals surface area contributed by atoms with Crippen molar-refractivity contribution in [2.45, 2.75) is 44.6 Å². The zero-order valence-electron chi connectivity index (χ0n) is 16.2. The fraction of sp³-hybridized carbons (Fsp3) is 0.750. The highest BCUT2D eigenvalue weighted by Gasteiger charge is 2.33. The van der Waals surface area contributed by atoms with Gasteiger partial charge in [0.2, 0.25) is 6.41 Å². The first-order valence-electron chi connectivity index (χ1n) is 10.1. The molecule has 2 aliphatic carbocycles. The number of piperazine rings is 1. The Labute approximate surface area is 161 Å². The van der Waals surface area contributed by atoms with Gasteiger partial charge in [0.1, 0.15) is 0 Å². The summed E-state index contributed by atoms with van der Waals surface area (Å²) in [6.45, 7) is 4.29. The third kappa shape index (κ3) is 5.78. The van der Waals surface area contributed by atoms with Gasteiger partial charge in [-0.05, 0) is 39.2 Å². The van der Waals surface area contributed by atoms with Crippen LogP contribution in [0.5, 0.6) is 0 Å². The van der Waals surface area contributed by atoms with Crippen LogP contribution in [0.4, 0.5) is 0 Å². The van der Waals surface area contributed by atoms with E-state index in [0.29, 0.717) is 25.4 Å². The van der Waals surface area contributed by atoms with Crippen LogP contribution in [0.3, 0.4) is 0 Å². The minimum absolute atomic E-state index is 0.208. The van der Waals surface area contributed by atoms with Gasteiger partial charge in [-0.25, -0.2) is 0 Å². The maximum absolute atomic E-state index is 11.5. The standard InChI is InChI=1S/C20H33N3O4/c1-22-9-11-23(12-10-22)18-8-7-16(19(24)25)13-17(18)21-20(26)27-14-15-5-3-2-4-6-15/h3,5,8,15-17,20-21,26H,2,4,6-7,9-14H2,1H3,(H,24,25)/t15-,16-,17-,20+/m1/s1. The van der Waals surface area contributed by atoms with Crippen molar-refractivity contribution in [2.75, 3.05) is 39.8 Å². The largest absolute Gasteiger partial charge is 0.481 e. The molecule has 152 valence electrons. The van der Waals surface area contributed by atoms with E-state index in [0.717, 1.165) is 51.1 Å². The van der Waals surface area contributed by atoms with Crippen molar-refractivity contribution in [3.8, 4) is 0 Å². The zero-order valence-corrected chi connectivity index (χ0v) is 16.2. The van der Waals surface area contributed by atoms with Crippen LogP contribution in [-0.2, 0) is 9.53 Å². The predicted molar refractivity (Wildman–Crippen MR) is 103 cm³/mol. The van der Waals surface area contributed by atoms with E-state index < -0.39 is 18.3 Å². The van der Waals surface area contributed by atoms with Crippen LogP contribution in [0.25, 0.3) is 0 Å². The maximum Gasteiger partial charge on any atom is 0.306 e. The molecule has 27 heavy (non-hydrogen) atoms. The summed E-state index contributed by atoms with van der Waals surface area (Å²) in [6, 6.07) is -0.208. The molecule has 0 saturated carbocycles. The molecule has 0 aromatic carbocycles. The topological polar surface area (TPSA) is 85.3 Å². The van der Waals surface area contributed by atoms with Crippen LogP contribution >= 0.6 is 0 Å². The summed E-state index contributed by atoms with van der Waals surface area (Å²) in [4.78, 5) is 16.1. The van der Waals surface area contributed by atoms with Crippen molar-refractivity contribution < 1.29 is 19.7 Å². The Morgan fingerprint density at radius 2 is 2.15 bits per heavy atom. The molecule has 7 nitrogen and oxygen atoms in total. The number of nitrogens with one attached hydrogen (secondary N) is 1. The molecule has 0 bridgehead atoms. The van der Waals surface area contributed by atoms with Crippen molar-refractivity contribution in [3.05, 3.63) is 23.9 Å². The fourth-order valence-corrected chi connectivity index (χ4v) is 4.13. The van der Waals surface area contributed by atoms with Crippen molar-refractivity contribution in [1.29, 1.82) is 0 Å². The summed E-state index contributed by atoms with van der Waals surface area (Å²) in [5.41, 5.74) is 1.10. The molecule has 0 unspecified atom stereocenters. The van der Waals surface area contributed by atoms with Gasteiger partial charge in [-0.2, -0.15) is 0 Å². The Bertz CT molecular complexity index is 557. The lowest BCUT2D eigenvalue weighted by atomic mass is 9.88. The number of hydrogen-bond donors (Lipinski definition) is 3. The lowest BCUT2D eigenvalue weighted by molar-refractivity contribution is -0.145. The van der Waals surface area contributed by atoms with Gasteiger partial charge in [-0.1, -0.05) is 18.2 Å². The van der Waals surface area contributed by atoms with Gasteiger partial charge in [-0.15, -0.1) is 0 Å². The van der Waals surface area contributed by atoms with Gasteiger partial charge in [0.05, 0.1) is 18.6 Å². The minimum atomic E-state index is -1.09. The number of allylic oxidation sites excluding steroid dienone is 2. The first kappa shape index (κ1) is 20.3. The number of aliphatic hydroxyl groups is 1. The quantitative estimate of drug-likeness (QED) is 0.453. The summed E-state index contributed by atoms with van der Waals surface area (Å²) in [7, 11) is 2.11. The molecular weight excluding hydrogens is 346 g/mol. The van der Waals surface area contributed by atoms with Crippen molar-refractivity contribution in [1.82, 2.24) is 15.1 Å². The number of carboxylic acid groups (broad SMARTS) is 1. The zero-order chi connectivity index (χ0) is 19.2. The van der Waals surface area contributed by atoms with Gasteiger partial charge in [-0.3, -0.25) is 10.1 Å². The summed E-state index contributed by atoms with van der Waals surface area (Å²) in [5, 5.41) is 22.9. The van der Waals surface area contributed by atoms with Crippen LogP contribution < -0.4 is 5.32 Å². The first-order chi connectivity index (χ1) is 13.0. The first-order valence-corrected chi connectivity index (χ1v) is 10.1. The maximum atomic E-state index is 11.5. The van der Waals surface area contributed by atoms with Gasteiger partial charge in [0, 0.05) is 37.8 Å². The van der Waals surface area contributed by atoms with E-state index in [1.807, 2.05) is 6.08 Å². The van der Waals surface area contributed by atoms with Crippen molar-refractivity contribution in [3.63, 3.8) is 0 Å². The Morgan fingerprint density at radius 3 is 2.81 bits per heavy atom. The van der Waals surface area contributed by atoms with E-state index in [-0.39, 0.29) is 6.04 Å². The Kier molecular flexibility index (Phi) is 7.29. The lowest BCUT2D eigenvalue weighted by Crippen LogP contribution is -2.52. The molecule has 0 spiro atoms. The minimum Gasteiger partial charge on any atom is -0.481 e. The Balaban J connectivity index is 1.58. The highest BCUT2D eigenvalue weighted by molar-refractivity contribution is 5.70. The molecule has 7 heteroatoms. The molecule has 3 aliphatic rings. The smallest absolute Gasteiger partial charge is 0.306 e. The predicted octanol–water partition coefficient (Wildman–Crippen LogP) is 1.22. The van der Waals surface area contributed by atoms with Crippen molar-refractivity contribution in [2.24, 2.45) is 11.8 Å². The molecule has 3 rings (SSSR count). The lowest BCUT2D eigenvalue weighted by Gasteiger charge is -2.41. The molecule has 4 atom stereocenters. The van der Waals surface area contributed by atoms with Crippen LogP contribution in [0, 0.1) is 11.8 Å². The van der Waals surface area contributed by atoms with Gasteiger partial charge in [0.25, 0.3) is 0 Å². The molecule has 0 aromatic rings. The Hall–Kier alpha value is -1.41. The van der Waals surface area contributed by atoms with Crippen LogP contribution in [0.1, 0.15) is 32.1 Å². The van der Waals surface area contributed by atoms with Gasteiger partial charge in [0.15, 0.2) is 0 Å². The highest BCUT2D eigenvalue weighted by Crippen LogP contribution is 2.28. The SMILES string of the molecule is CN1CCN(C2=CC[C@@H](C(=O)O)C[C@H]2N[C@@H](O)OC[C@@H]2C=CCCC2)CC1. The van der Waals surface area contributed by atoms with Crippen molar-refractivity contribution >= 4 is 5.97 Å². The normalized spacial score (nSPS) is 30.8. The van der Waals surface area contributed by atoms with E-state index in [1.165, 1.54) is 0 Å². The number of rotatable bonds is 7. The fourth-order valence-electron chi connectivity index (χ4n) is 4.13. The second kappa shape index (κ2) is 9.68. The monoisotopic (exact) mass is 379 g/mol. The molecular formula is C20H33N3O4. The molecule has 0 aromatic heterocycles. The highest BCUT2D eigenvalue weighted by atomic mass is 16.6. The Morgan fingerprint density at radius 1 is 1.37 bits per heavy atom. The van der Waals surface area contributed by atoms with Crippen LogP contribution in [0.15, 0.2) is 23.9 Å². The van der Waals surface area contributed by atoms with Gasteiger partial charge < -0.3 is 24.7 Å². The number of ether oxygens (including phenoxy) is 1. The number of hydrogen-bond acceptors (Lipinski definition) is 6. The average Bonchev–Trinajstić information content (AvgIpc) is 2.68. The number of aliphatic carboxylic acids is 1. The molecule has 3 N–H and O–H groups in total. The van der Waals surface area contributed by atoms with E-state index in [9.17, 15) is 15.0 Å². The number of nitrogens with zero attached hydrogens (tertiary/aromatic N) is 2. The van der Waals surface area contributed by atoms with Gasteiger partial charge >= 0.3 is 5.97 Å². The number of aliphatic hydroxyl groups excluding tert-OH is 1. The summed E-state index contributed by atoms with van der Waals surface area (Å²) < 4.78 is 5.62. The molecule has 0 radical (unpaired) electrons. The molecule has 1 aliphatic heterocycles. The second-order valence-electron chi connectivity index (χ2n) is 7.95.